The average Bonchev–Trinajstić information content (AvgIpc) is 2.99. The molecule has 23 heavy (non-hydrogen) atoms. The number of fused-ring (bicyclic) bond motifs is 2. The van der Waals surface area contributed by atoms with E-state index in [2.05, 4.69) is 32.0 Å². The van der Waals surface area contributed by atoms with E-state index in [0.717, 1.165) is 34.9 Å². The van der Waals surface area contributed by atoms with E-state index >= 15 is 0 Å². The van der Waals surface area contributed by atoms with Gasteiger partial charge in [-0.25, -0.2) is 4.98 Å². The molecule has 1 fully saturated rings. The molecule has 2 aliphatic rings. The van der Waals surface area contributed by atoms with Crippen LogP contribution in [0.15, 0.2) is 18.2 Å². The first-order valence-electron chi connectivity index (χ1n) is 8.45. The number of benzene rings is 1. The van der Waals surface area contributed by atoms with E-state index in [1.807, 2.05) is 4.90 Å². The molecule has 4 nitrogen and oxygen atoms in total. The number of aromatic nitrogens is 1. The van der Waals surface area contributed by atoms with Crippen LogP contribution < -0.4 is 4.74 Å². The fourth-order valence-corrected chi connectivity index (χ4v) is 3.95. The van der Waals surface area contributed by atoms with Crippen LogP contribution in [-0.2, 0) is 11.3 Å². The Kier molecular flexibility index (Phi) is 3.47. The third-order valence-corrected chi connectivity index (χ3v) is 5.05. The van der Waals surface area contributed by atoms with Crippen LogP contribution in [0.3, 0.4) is 0 Å². The molecule has 1 aliphatic heterocycles. The number of aryl methyl sites for hydroxylation is 2. The molecule has 4 rings (SSSR count). The van der Waals surface area contributed by atoms with Crippen molar-refractivity contribution in [1.82, 2.24) is 9.88 Å². The number of carbonyl (C=O) groups excluding carboxylic acids is 1. The van der Waals surface area contributed by atoms with Crippen molar-refractivity contribution >= 4 is 16.8 Å². The first kappa shape index (κ1) is 14.5. The van der Waals surface area contributed by atoms with Gasteiger partial charge in [0, 0.05) is 17.0 Å². The molecule has 2 aromatic rings. The number of hydrogen-bond donors (Lipinski definition) is 0. The highest BCUT2D eigenvalue weighted by molar-refractivity contribution is 5.85. The lowest BCUT2D eigenvalue weighted by Crippen LogP contribution is -2.39. The van der Waals surface area contributed by atoms with E-state index in [1.54, 1.807) is 0 Å². The van der Waals surface area contributed by atoms with Crippen molar-refractivity contribution in [1.29, 1.82) is 0 Å². The first-order chi connectivity index (χ1) is 11.1. The maximum absolute atomic E-state index is 12.5. The second-order valence-corrected chi connectivity index (χ2v) is 6.85. The average molecular weight is 310 g/mol. The van der Waals surface area contributed by atoms with E-state index < -0.39 is 0 Å². The van der Waals surface area contributed by atoms with Gasteiger partial charge in [0.1, 0.15) is 0 Å². The SMILES string of the molecule is Cc1cc(C)c2nc3c(cc2c1)CN(C1CCCC1)C(=O)CO3. The molecule has 0 saturated heterocycles. The summed E-state index contributed by atoms with van der Waals surface area (Å²) in [6, 6.07) is 6.81. The predicted molar refractivity (Wildman–Crippen MR) is 89.5 cm³/mol. The van der Waals surface area contributed by atoms with Crippen molar-refractivity contribution in [2.45, 2.75) is 52.1 Å². The normalized spacial score (nSPS) is 18.9. The van der Waals surface area contributed by atoms with Crippen LogP contribution in [0.4, 0.5) is 0 Å². The third-order valence-electron chi connectivity index (χ3n) is 5.05. The minimum Gasteiger partial charge on any atom is -0.467 e. The number of carbonyl (C=O) groups is 1. The second-order valence-electron chi connectivity index (χ2n) is 6.85. The largest absolute Gasteiger partial charge is 0.467 e. The Bertz CT molecular complexity index is 779. The number of rotatable bonds is 1. The van der Waals surface area contributed by atoms with E-state index in [0.29, 0.717) is 18.5 Å². The molecule has 1 aromatic heterocycles. The van der Waals surface area contributed by atoms with Crippen LogP contribution in [0.25, 0.3) is 10.9 Å². The maximum Gasteiger partial charge on any atom is 0.261 e. The third kappa shape index (κ3) is 2.56. The topological polar surface area (TPSA) is 42.4 Å². The van der Waals surface area contributed by atoms with Gasteiger partial charge in [-0.05, 0) is 44.4 Å². The number of ether oxygens (including phenoxy) is 1. The highest BCUT2D eigenvalue weighted by Crippen LogP contribution is 2.31. The quantitative estimate of drug-likeness (QED) is 0.809. The molecule has 0 atom stereocenters. The summed E-state index contributed by atoms with van der Waals surface area (Å²) in [5.74, 6) is 0.713. The molecule has 1 amide bonds. The molecule has 1 aromatic carbocycles. The van der Waals surface area contributed by atoms with Gasteiger partial charge < -0.3 is 9.64 Å². The molecule has 0 spiro atoms. The van der Waals surface area contributed by atoms with E-state index in [9.17, 15) is 4.79 Å². The summed E-state index contributed by atoms with van der Waals surface area (Å²) in [6.07, 6.45) is 4.66. The first-order valence-corrected chi connectivity index (χ1v) is 8.45. The minimum absolute atomic E-state index is 0.0897. The smallest absolute Gasteiger partial charge is 0.261 e. The lowest BCUT2D eigenvalue weighted by atomic mass is 10.0. The Hall–Kier alpha value is -2.10. The van der Waals surface area contributed by atoms with Crippen molar-refractivity contribution < 1.29 is 9.53 Å². The molecule has 1 aliphatic carbocycles. The molecule has 1 saturated carbocycles. The van der Waals surface area contributed by atoms with Crippen LogP contribution in [0.2, 0.25) is 0 Å². The van der Waals surface area contributed by atoms with Crippen molar-refractivity contribution in [2.75, 3.05) is 6.61 Å². The number of amides is 1. The Labute approximate surface area is 136 Å². The summed E-state index contributed by atoms with van der Waals surface area (Å²) in [5.41, 5.74) is 4.38. The molecule has 0 N–H and O–H groups in total. The lowest BCUT2D eigenvalue weighted by Gasteiger charge is -2.26. The van der Waals surface area contributed by atoms with E-state index in [1.165, 1.54) is 18.4 Å². The molecule has 4 heteroatoms. The van der Waals surface area contributed by atoms with Gasteiger partial charge >= 0.3 is 0 Å². The zero-order valence-electron chi connectivity index (χ0n) is 13.8. The zero-order chi connectivity index (χ0) is 16.0. The Morgan fingerprint density at radius 3 is 2.74 bits per heavy atom. The Morgan fingerprint density at radius 2 is 1.96 bits per heavy atom. The zero-order valence-corrected chi connectivity index (χ0v) is 13.8. The second kappa shape index (κ2) is 5.52. The summed E-state index contributed by atoms with van der Waals surface area (Å²) in [6.45, 7) is 4.89. The van der Waals surface area contributed by atoms with Crippen LogP contribution in [0.1, 0.15) is 42.4 Å². The summed E-state index contributed by atoms with van der Waals surface area (Å²) >= 11 is 0. The molecule has 120 valence electrons. The lowest BCUT2D eigenvalue weighted by molar-refractivity contribution is -0.135. The van der Waals surface area contributed by atoms with E-state index in [4.69, 9.17) is 9.72 Å². The number of pyridine rings is 1. The molecule has 2 heterocycles. The highest BCUT2D eigenvalue weighted by Gasteiger charge is 2.30. The van der Waals surface area contributed by atoms with Gasteiger partial charge in [-0.2, -0.15) is 0 Å². The summed E-state index contributed by atoms with van der Waals surface area (Å²) in [7, 11) is 0. The number of hydrogen-bond acceptors (Lipinski definition) is 3. The summed E-state index contributed by atoms with van der Waals surface area (Å²) in [4.78, 5) is 19.2. The Morgan fingerprint density at radius 1 is 1.17 bits per heavy atom. The standard InChI is InChI=1S/C19H22N2O2/c1-12-7-13(2)18-14(8-12)9-15-10-21(16-5-3-4-6-16)17(22)11-23-19(15)20-18/h7-9,16H,3-6,10-11H2,1-2H3. The minimum atomic E-state index is 0.0897. The van der Waals surface area contributed by atoms with Gasteiger partial charge in [-0.3, -0.25) is 4.79 Å². The monoisotopic (exact) mass is 310 g/mol. The van der Waals surface area contributed by atoms with Crippen LogP contribution in [0, 0.1) is 13.8 Å². The van der Waals surface area contributed by atoms with Crippen molar-refractivity contribution in [3.8, 4) is 5.88 Å². The predicted octanol–water partition coefficient (Wildman–Crippen LogP) is 3.52. The number of nitrogens with zero attached hydrogens (tertiary/aromatic N) is 2. The Balaban J connectivity index is 1.78. The molecule has 0 bridgehead atoms. The summed E-state index contributed by atoms with van der Waals surface area (Å²) in [5, 5.41) is 1.13. The van der Waals surface area contributed by atoms with Crippen molar-refractivity contribution in [3.05, 3.63) is 34.9 Å². The fraction of sp³-hybridized carbons (Fsp3) is 0.474. The van der Waals surface area contributed by atoms with Crippen molar-refractivity contribution in [3.63, 3.8) is 0 Å². The fourth-order valence-electron chi connectivity index (χ4n) is 3.95. The molecule has 0 radical (unpaired) electrons. The molecular weight excluding hydrogens is 288 g/mol. The van der Waals surface area contributed by atoms with Crippen LogP contribution in [0.5, 0.6) is 5.88 Å². The molecular formula is C19H22N2O2. The maximum atomic E-state index is 12.5. The van der Waals surface area contributed by atoms with Gasteiger partial charge in [-0.15, -0.1) is 0 Å². The summed E-state index contributed by atoms with van der Waals surface area (Å²) < 4.78 is 5.74. The van der Waals surface area contributed by atoms with Gasteiger partial charge in [0.2, 0.25) is 5.88 Å². The van der Waals surface area contributed by atoms with Gasteiger partial charge in [0.25, 0.3) is 5.91 Å². The van der Waals surface area contributed by atoms with E-state index in [-0.39, 0.29) is 12.5 Å². The van der Waals surface area contributed by atoms with Crippen LogP contribution >= 0.6 is 0 Å². The highest BCUT2D eigenvalue weighted by atomic mass is 16.5. The van der Waals surface area contributed by atoms with Gasteiger partial charge in [0.05, 0.1) is 12.1 Å². The van der Waals surface area contributed by atoms with Gasteiger partial charge in [-0.1, -0.05) is 24.5 Å². The molecule has 0 unspecified atom stereocenters. The van der Waals surface area contributed by atoms with Crippen molar-refractivity contribution in [2.24, 2.45) is 0 Å². The van der Waals surface area contributed by atoms with Crippen LogP contribution in [-0.4, -0.2) is 28.4 Å². The van der Waals surface area contributed by atoms with Gasteiger partial charge in [0.15, 0.2) is 6.61 Å².